The number of likely N-dealkylation sites (N-methyl/N-ethyl adjacent to an activating group) is 1. The van der Waals surface area contributed by atoms with E-state index in [4.69, 9.17) is 4.42 Å². The van der Waals surface area contributed by atoms with Crippen molar-refractivity contribution < 1.29 is 4.42 Å². The van der Waals surface area contributed by atoms with Gasteiger partial charge in [-0.05, 0) is 33.0 Å². The molecule has 1 aromatic heterocycles. The van der Waals surface area contributed by atoms with Crippen LogP contribution in [0, 0.1) is 0 Å². The third-order valence-corrected chi connectivity index (χ3v) is 3.50. The van der Waals surface area contributed by atoms with E-state index in [1.807, 2.05) is 13.2 Å². The second kappa shape index (κ2) is 6.17. The van der Waals surface area contributed by atoms with Gasteiger partial charge in [0.2, 0.25) is 5.89 Å². The highest BCUT2D eigenvalue weighted by molar-refractivity contribution is 5.00. The molecule has 1 aliphatic rings. The van der Waals surface area contributed by atoms with Crippen molar-refractivity contribution in [2.24, 2.45) is 0 Å². The maximum Gasteiger partial charge on any atom is 0.211 e. The molecule has 1 aromatic rings. The highest BCUT2D eigenvalue weighted by atomic mass is 16.4. The Kier molecular flexibility index (Phi) is 4.57. The zero-order valence-corrected chi connectivity index (χ0v) is 10.9. The summed E-state index contributed by atoms with van der Waals surface area (Å²) >= 11 is 0. The number of hydrogen-bond acceptors (Lipinski definition) is 4. The smallest absolute Gasteiger partial charge is 0.211 e. The van der Waals surface area contributed by atoms with Crippen molar-refractivity contribution >= 4 is 0 Å². The summed E-state index contributed by atoms with van der Waals surface area (Å²) in [6.45, 7) is 5.41. The lowest BCUT2D eigenvalue weighted by Crippen LogP contribution is -2.33. The molecule has 0 aliphatic carbocycles. The highest BCUT2D eigenvalue weighted by Gasteiger charge is 2.26. The second-order valence-electron chi connectivity index (χ2n) is 4.66. The predicted molar refractivity (Wildman–Crippen MR) is 68.0 cm³/mol. The van der Waals surface area contributed by atoms with Gasteiger partial charge in [-0.25, -0.2) is 4.98 Å². The van der Waals surface area contributed by atoms with Gasteiger partial charge < -0.3 is 9.73 Å². The van der Waals surface area contributed by atoms with E-state index in [2.05, 4.69) is 22.1 Å². The minimum absolute atomic E-state index is 0.400. The lowest BCUT2D eigenvalue weighted by atomic mass is 10.0. The third kappa shape index (κ3) is 3.07. The van der Waals surface area contributed by atoms with Gasteiger partial charge in [0, 0.05) is 13.0 Å². The van der Waals surface area contributed by atoms with E-state index in [0.29, 0.717) is 6.04 Å². The van der Waals surface area contributed by atoms with Crippen LogP contribution in [0.5, 0.6) is 0 Å². The maximum absolute atomic E-state index is 5.86. The lowest BCUT2D eigenvalue weighted by Gasteiger charge is -2.32. The summed E-state index contributed by atoms with van der Waals surface area (Å²) in [5.74, 6) is 1.91. The molecule has 1 aliphatic heterocycles. The zero-order valence-electron chi connectivity index (χ0n) is 10.9. The first-order valence-electron chi connectivity index (χ1n) is 6.68. The largest absolute Gasteiger partial charge is 0.444 e. The summed E-state index contributed by atoms with van der Waals surface area (Å²) in [5.41, 5.74) is 0. The molecule has 1 N–H and O–H groups in total. The topological polar surface area (TPSA) is 41.3 Å². The molecule has 0 radical (unpaired) electrons. The Morgan fingerprint density at radius 2 is 2.41 bits per heavy atom. The number of nitrogens with zero attached hydrogens (tertiary/aromatic N) is 2. The fraction of sp³-hybridized carbons (Fsp3) is 0.769. The standard InChI is InChI=1S/C13H23N3O/c1-3-16-9-5-4-6-12(16)13-15-10-11(17-13)7-8-14-2/h10,12,14H,3-9H2,1-2H3. The van der Waals surface area contributed by atoms with Crippen molar-refractivity contribution in [2.75, 3.05) is 26.7 Å². The molecule has 1 fully saturated rings. The van der Waals surface area contributed by atoms with Crippen molar-refractivity contribution in [3.8, 4) is 0 Å². The molecule has 4 heteroatoms. The van der Waals surface area contributed by atoms with E-state index in [0.717, 1.165) is 31.2 Å². The van der Waals surface area contributed by atoms with E-state index in [1.54, 1.807) is 0 Å². The third-order valence-electron chi connectivity index (χ3n) is 3.50. The van der Waals surface area contributed by atoms with E-state index in [9.17, 15) is 0 Å². The summed E-state index contributed by atoms with van der Waals surface area (Å²) in [7, 11) is 1.96. The SMILES string of the molecule is CCN1CCCCC1c1ncc(CCNC)o1. The van der Waals surface area contributed by atoms with Gasteiger partial charge in [-0.3, -0.25) is 4.90 Å². The van der Waals surface area contributed by atoms with Crippen molar-refractivity contribution in [2.45, 2.75) is 38.6 Å². The summed E-state index contributed by atoms with van der Waals surface area (Å²) in [6.07, 6.45) is 6.57. The van der Waals surface area contributed by atoms with Crippen LogP contribution in [0.1, 0.15) is 43.9 Å². The lowest BCUT2D eigenvalue weighted by molar-refractivity contribution is 0.131. The molecule has 0 amide bonds. The van der Waals surface area contributed by atoms with E-state index >= 15 is 0 Å². The molecular formula is C13H23N3O. The Labute approximate surface area is 103 Å². The number of hydrogen-bond donors (Lipinski definition) is 1. The normalized spacial score (nSPS) is 21.9. The molecule has 0 spiro atoms. The molecule has 2 rings (SSSR count). The predicted octanol–water partition coefficient (Wildman–Crippen LogP) is 1.98. The van der Waals surface area contributed by atoms with E-state index < -0.39 is 0 Å². The molecule has 0 saturated carbocycles. The van der Waals surface area contributed by atoms with Crippen molar-refractivity contribution in [3.63, 3.8) is 0 Å². The summed E-state index contributed by atoms with van der Waals surface area (Å²) in [5, 5.41) is 3.13. The minimum atomic E-state index is 0.400. The van der Waals surface area contributed by atoms with E-state index in [1.165, 1.54) is 25.8 Å². The number of oxazole rings is 1. The fourth-order valence-electron chi connectivity index (χ4n) is 2.49. The summed E-state index contributed by atoms with van der Waals surface area (Å²) in [4.78, 5) is 6.92. The summed E-state index contributed by atoms with van der Waals surface area (Å²) < 4.78 is 5.86. The number of aromatic nitrogens is 1. The van der Waals surface area contributed by atoms with Crippen LogP contribution >= 0.6 is 0 Å². The number of piperidine rings is 1. The Morgan fingerprint density at radius 3 is 3.18 bits per heavy atom. The van der Waals surface area contributed by atoms with Crippen LogP contribution < -0.4 is 5.32 Å². The fourth-order valence-corrected chi connectivity index (χ4v) is 2.49. The van der Waals surface area contributed by atoms with Crippen LogP contribution in [0.25, 0.3) is 0 Å². The van der Waals surface area contributed by atoms with Gasteiger partial charge in [-0.1, -0.05) is 13.3 Å². The molecule has 96 valence electrons. The first-order valence-corrected chi connectivity index (χ1v) is 6.68. The molecule has 0 aromatic carbocycles. The van der Waals surface area contributed by atoms with Gasteiger partial charge in [0.15, 0.2) is 0 Å². The van der Waals surface area contributed by atoms with Crippen LogP contribution in [0.3, 0.4) is 0 Å². The Hall–Kier alpha value is -0.870. The minimum Gasteiger partial charge on any atom is -0.444 e. The van der Waals surface area contributed by atoms with Crippen LogP contribution in [-0.2, 0) is 6.42 Å². The Bertz CT molecular complexity index is 337. The second-order valence-corrected chi connectivity index (χ2v) is 4.66. The van der Waals surface area contributed by atoms with Gasteiger partial charge in [0.05, 0.1) is 12.2 Å². The van der Waals surface area contributed by atoms with Crippen LogP contribution in [-0.4, -0.2) is 36.6 Å². The molecule has 1 saturated heterocycles. The number of nitrogens with one attached hydrogen (secondary N) is 1. The molecular weight excluding hydrogens is 214 g/mol. The Balaban J connectivity index is 2.02. The Morgan fingerprint density at radius 1 is 1.53 bits per heavy atom. The molecule has 0 bridgehead atoms. The van der Waals surface area contributed by atoms with E-state index in [-0.39, 0.29) is 0 Å². The zero-order chi connectivity index (χ0) is 12.1. The molecule has 1 atom stereocenters. The molecule has 17 heavy (non-hydrogen) atoms. The molecule has 4 nitrogen and oxygen atoms in total. The number of likely N-dealkylation sites (tertiary alicyclic amines) is 1. The highest BCUT2D eigenvalue weighted by Crippen LogP contribution is 2.30. The monoisotopic (exact) mass is 237 g/mol. The van der Waals surface area contributed by atoms with Gasteiger partial charge in [0.1, 0.15) is 5.76 Å². The van der Waals surface area contributed by atoms with Crippen molar-refractivity contribution in [3.05, 3.63) is 17.8 Å². The van der Waals surface area contributed by atoms with Crippen LogP contribution in [0.15, 0.2) is 10.6 Å². The van der Waals surface area contributed by atoms with Gasteiger partial charge in [-0.2, -0.15) is 0 Å². The maximum atomic E-state index is 5.86. The van der Waals surface area contributed by atoms with Crippen LogP contribution in [0.4, 0.5) is 0 Å². The first kappa shape index (κ1) is 12.6. The van der Waals surface area contributed by atoms with Gasteiger partial charge in [0.25, 0.3) is 0 Å². The van der Waals surface area contributed by atoms with Gasteiger partial charge >= 0.3 is 0 Å². The summed E-state index contributed by atoms with van der Waals surface area (Å²) in [6, 6.07) is 0.400. The van der Waals surface area contributed by atoms with Crippen molar-refractivity contribution in [1.82, 2.24) is 15.2 Å². The van der Waals surface area contributed by atoms with Crippen LogP contribution in [0.2, 0.25) is 0 Å². The average Bonchev–Trinajstić information content (AvgIpc) is 2.85. The molecule has 1 unspecified atom stereocenters. The van der Waals surface area contributed by atoms with Gasteiger partial charge in [-0.15, -0.1) is 0 Å². The van der Waals surface area contributed by atoms with Crippen molar-refractivity contribution in [1.29, 1.82) is 0 Å². The quantitative estimate of drug-likeness (QED) is 0.850. The number of rotatable bonds is 5. The molecule has 2 heterocycles. The average molecular weight is 237 g/mol. The first-order chi connectivity index (χ1) is 8.35.